The van der Waals surface area contributed by atoms with Gasteiger partial charge in [0.05, 0.1) is 7.11 Å². The predicted molar refractivity (Wildman–Crippen MR) is 59.1 cm³/mol. The molecule has 0 aromatic heterocycles. The van der Waals surface area contributed by atoms with Crippen LogP contribution in [-0.2, 0) is 0 Å². The number of methoxy groups -OCH3 is 1. The highest BCUT2D eigenvalue weighted by Crippen LogP contribution is 2.16. The van der Waals surface area contributed by atoms with Crippen molar-refractivity contribution in [3.05, 3.63) is 29.3 Å². The number of nitrogens with one attached hydrogen (secondary N) is 1. The average Bonchev–Trinajstić information content (AvgIpc) is 2.25. The lowest BCUT2D eigenvalue weighted by Gasteiger charge is -2.08. The number of aryl methyl sites for hydroxylation is 1. The second-order valence-electron chi connectivity index (χ2n) is 3.23. The number of ether oxygens (including phenoxy) is 1. The highest BCUT2D eigenvalue weighted by Gasteiger charge is 2.08. The third-order valence-corrected chi connectivity index (χ3v) is 2.11. The minimum Gasteiger partial charge on any atom is -0.497 e. The molecule has 82 valence electrons. The van der Waals surface area contributed by atoms with Crippen molar-refractivity contribution in [2.45, 2.75) is 6.92 Å². The molecule has 0 radical (unpaired) electrons. The van der Waals surface area contributed by atoms with Crippen LogP contribution in [0.2, 0.25) is 0 Å². The van der Waals surface area contributed by atoms with Gasteiger partial charge >= 0.3 is 0 Å². The molecule has 0 spiro atoms. The van der Waals surface area contributed by atoms with Crippen molar-refractivity contribution >= 4 is 5.91 Å². The van der Waals surface area contributed by atoms with E-state index < -0.39 is 0 Å². The first-order valence-electron chi connectivity index (χ1n) is 4.82. The monoisotopic (exact) mass is 208 g/mol. The maximum Gasteiger partial charge on any atom is 0.251 e. The molecular formula is C11H16N2O2. The summed E-state index contributed by atoms with van der Waals surface area (Å²) in [4.78, 5) is 11.6. The molecule has 0 saturated heterocycles. The Balaban J connectivity index is 2.81. The number of amides is 1. The van der Waals surface area contributed by atoms with Crippen molar-refractivity contribution in [3.63, 3.8) is 0 Å². The zero-order valence-electron chi connectivity index (χ0n) is 9.04. The number of hydrogen-bond acceptors (Lipinski definition) is 3. The van der Waals surface area contributed by atoms with Gasteiger partial charge < -0.3 is 15.8 Å². The van der Waals surface area contributed by atoms with Crippen LogP contribution in [-0.4, -0.2) is 26.1 Å². The van der Waals surface area contributed by atoms with Gasteiger partial charge in [-0.3, -0.25) is 4.79 Å². The molecule has 0 atom stereocenters. The second-order valence-corrected chi connectivity index (χ2v) is 3.23. The maximum absolute atomic E-state index is 11.6. The van der Waals surface area contributed by atoms with Gasteiger partial charge in [0.2, 0.25) is 0 Å². The summed E-state index contributed by atoms with van der Waals surface area (Å²) in [5.41, 5.74) is 6.85. The highest BCUT2D eigenvalue weighted by molar-refractivity contribution is 5.95. The Kier molecular flexibility index (Phi) is 4.12. The Morgan fingerprint density at radius 3 is 2.80 bits per heavy atom. The van der Waals surface area contributed by atoms with Crippen molar-refractivity contribution < 1.29 is 9.53 Å². The van der Waals surface area contributed by atoms with Crippen LogP contribution < -0.4 is 15.8 Å². The van der Waals surface area contributed by atoms with E-state index in [0.717, 1.165) is 11.3 Å². The molecule has 3 N–H and O–H groups in total. The van der Waals surface area contributed by atoms with Crippen LogP contribution >= 0.6 is 0 Å². The van der Waals surface area contributed by atoms with E-state index in [-0.39, 0.29) is 5.91 Å². The molecule has 1 aromatic carbocycles. The van der Waals surface area contributed by atoms with E-state index in [2.05, 4.69) is 5.32 Å². The molecule has 15 heavy (non-hydrogen) atoms. The lowest BCUT2D eigenvalue weighted by molar-refractivity contribution is 0.0954. The second kappa shape index (κ2) is 5.36. The summed E-state index contributed by atoms with van der Waals surface area (Å²) in [7, 11) is 1.60. The van der Waals surface area contributed by atoms with Crippen LogP contribution in [0.4, 0.5) is 0 Å². The minimum atomic E-state index is -0.0967. The van der Waals surface area contributed by atoms with Gasteiger partial charge in [-0.1, -0.05) is 0 Å². The van der Waals surface area contributed by atoms with Gasteiger partial charge in [-0.2, -0.15) is 0 Å². The first kappa shape index (κ1) is 11.5. The Morgan fingerprint density at radius 2 is 2.27 bits per heavy atom. The van der Waals surface area contributed by atoms with E-state index >= 15 is 0 Å². The molecule has 4 nitrogen and oxygen atoms in total. The van der Waals surface area contributed by atoms with E-state index in [1.165, 1.54) is 0 Å². The zero-order valence-corrected chi connectivity index (χ0v) is 9.04. The molecule has 0 aliphatic rings. The van der Waals surface area contributed by atoms with Gasteiger partial charge in [-0.25, -0.2) is 0 Å². The highest BCUT2D eigenvalue weighted by atomic mass is 16.5. The van der Waals surface area contributed by atoms with E-state index in [1.54, 1.807) is 19.2 Å². The summed E-state index contributed by atoms with van der Waals surface area (Å²) in [5.74, 6) is 0.656. The van der Waals surface area contributed by atoms with Crippen LogP contribution in [0.15, 0.2) is 18.2 Å². The van der Waals surface area contributed by atoms with E-state index in [0.29, 0.717) is 18.7 Å². The summed E-state index contributed by atoms with van der Waals surface area (Å²) < 4.78 is 5.06. The van der Waals surface area contributed by atoms with Crippen molar-refractivity contribution in [1.29, 1.82) is 0 Å². The largest absolute Gasteiger partial charge is 0.497 e. The first-order valence-corrected chi connectivity index (χ1v) is 4.82. The normalized spacial score (nSPS) is 9.80. The van der Waals surface area contributed by atoms with Crippen molar-refractivity contribution in [3.8, 4) is 5.75 Å². The van der Waals surface area contributed by atoms with Gasteiger partial charge in [0, 0.05) is 18.7 Å². The van der Waals surface area contributed by atoms with Crippen molar-refractivity contribution in [2.24, 2.45) is 5.73 Å². The van der Waals surface area contributed by atoms with Crippen LogP contribution in [0.3, 0.4) is 0 Å². The lowest BCUT2D eigenvalue weighted by Crippen LogP contribution is -2.29. The zero-order chi connectivity index (χ0) is 11.3. The summed E-state index contributed by atoms with van der Waals surface area (Å²) in [6, 6.07) is 5.35. The molecule has 0 heterocycles. The van der Waals surface area contributed by atoms with Crippen LogP contribution in [0.25, 0.3) is 0 Å². The fourth-order valence-corrected chi connectivity index (χ4v) is 1.30. The molecule has 4 heteroatoms. The topological polar surface area (TPSA) is 64.3 Å². The predicted octanol–water partition coefficient (Wildman–Crippen LogP) is 0.692. The first-order chi connectivity index (χ1) is 7.19. The third-order valence-electron chi connectivity index (χ3n) is 2.11. The van der Waals surface area contributed by atoms with Crippen LogP contribution in [0.5, 0.6) is 5.75 Å². The minimum absolute atomic E-state index is 0.0967. The number of carbonyl (C=O) groups is 1. The molecule has 1 rings (SSSR count). The Morgan fingerprint density at radius 1 is 1.53 bits per heavy atom. The Hall–Kier alpha value is -1.55. The molecule has 0 bridgehead atoms. The number of carbonyl (C=O) groups excluding carboxylic acids is 1. The third kappa shape index (κ3) is 2.95. The number of nitrogens with two attached hydrogens (primary N) is 1. The fraction of sp³-hybridized carbons (Fsp3) is 0.364. The molecule has 0 aliphatic carbocycles. The molecule has 0 unspecified atom stereocenters. The van der Waals surface area contributed by atoms with Gasteiger partial charge in [0.15, 0.2) is 0 Å². The van der Waals surface area contributed by atoms with Crippen molar-refractivity contribution in [2.75, 3.05) is 20.2 Å². The maximum atomic E-state index is 11.6. The molecule has 1 amide bonds. The molecular weight excluding hydrogens is 192 g/mol. The van der Waals surface area contributed by atoms with Crippen molar-refractivity contribution in [1.82, 2.24) is 5.32 Å². The van der Waals surface area contributed by atoms with Gasteiger partial charge in [0.1, 0.15) is 5.75 Å². The molecule has 1 aromatic rings. The quantitative estimate of drug-likeness (QED) is 0.765. The Labute approximate surface area is 89.4 Å². The summed E-state index contributed by atoms with van der Waals surface area (Å²) in [6.07, 6.45) is 0. The van der Waals surface area contributed by atoms with E-state index in [4.69, 9.17) is 10.5 Å². The number of hydrogen-bond donors (Lipinski definition) is 2. The Bertz CT molecular complexity index is 350. The average molecular weight is 208 g/mol. The van der Waals surface area contributed by atoms with E-state index in [9.17, 15) is 4.79 Å². The van der Waals surface area contributed by atoms with Gasteiger partial charge in [-0.05, 0) is 30.7 Å². The van der Waals surface area contributed by atoms with Crippen LogP contribution in [0.1, 0.15) is 15.9 Å². The lowest BCUT2D eigenvalue weighted by atomic mass is 10.1. The van der Waals surface area contributed by atoms with Gasteiger partial charge in [0.25, 0.3) is 5.91 Å². The smallest absolute Gasteiger partial charge is 0.251 e. The van der Waals surface area contributed by atoms with E-state index in [1.807, 2.05) is 13.0 Å². The molecule has 0 saturated carbocycles. The summed E-state index contributed by atoms with van der Waals surface area (Å²) >= 11 is 0. The molecule has 0 aliphatic heterocycles. The number of benzene rings is 1. The number of rotatable bonds is 4. The SMILES string of the molecule is COc1ccc(C(=O)NCCN)c(C)c1. The summed E-state index contributed by atoms with van der Waals surface area (Å²) in [5, 5.41) is 2.72. The summed E-state index contributed by atoms with van der Waals surface area (Å²) in [6.45, 7) is 2.81. The van der Waals surface area contributed by atoms with Gasteiger partial charge in [-0.15, -0.1) is 0 Å². The van der Waals surface area contributed by atoms with Crippen LogP contribution in [0, 0.1) is 6.92 Å². The standard InChI is InChI=1S/C11H16N2O2/c1-8-7-9(15-2)3-4-10(8)11(14)13-6-5-12/h3-4,7H,5-6,12H2,1-2H3,(H,13,14). The molecule has 0 fully saturated rings. The fourth-order valence-electron chi connectivity index (χ4n) is 1.30.